The van der Waals surface area contributed by atoms with Gasteiger partial charge in [-0.25, -0.2) is 0 Å². The predicted octanol–water partition coefficient (Wildman–Crippen LogP) is 3.50. The first-order valence-corrected chi connectivity index (χ1v) is 6.02. The van der Waals surface area contributed by atoms with Crippen LogP contribution in [0.4, 0.5) is 0 Å². The van der Waals surface area contributed by atoms with Gasteiger partial charge in [0.2, 0.25) is 0 Å². The lowest BCUT2D eigenvalue weighted by Crippen LogP contribution is -2.28. The maximum absolute atomic E-state index is 5.26. The van der Waals surface area contributed by atoms with Gasteiger partial charge in [-0.1, -0.05) is 40.0 Å². The molecule has 15 heavy (non-hydrogen) atoms. The number of hydrogen-bond acceptors (Lipinski definition) is 2. The van der Waals surface area contributed by atoms with E-state index in [1.54, 1.807) is 14.2 Å². The Hall–Kier alpha value is -0.0800. The average molecular weight is 216 g/mol. The second-order valence-electron chi connectivity index (χ2n) is 5.32. The monoisotopic (exact) mass is 216 g/mol. The van der Waals surface area contributed by atoms with E-state index in [4.69, 9.17) is 9.47 Å². The van der Waals surface area contributed by atoms with Gasteiger partial charge in [-0.2, -0.15) is 0 Å². The molecule has 0 heterocycles. The Morgan fingerprint density at radius 3 is 1.93 bits per heavy atom. The SMILES string of the molecule is COCC(C)(CCCCC(C)C)COC. The minimum atomic E-state index is 0.195. The van der Waals surface area contributed by atoms with Crippen molar-refractivity contribution in [1.82, 2.24) is 0 Å². The van der Waals surface area contributed by atoms with Gasteiger partial charge in [-0.05, 0) is 12.3 Å². The fourth-order valence-corrected chi connectivity index (χ4v) is 1.99. The summed E-state index contributed by atoms with van der Waals surface area (Å²) in [4.78, 5) is 0. The molecule has 0 N–H and O–H groups in total. The number of methoxy groups -OCH3 is 2. The maximum atomic E-state index is 5.26. The molecule has 0 aromatic rings. The zero-order chi connectivity index (χ0) is 11.7. The molecule has 92 valence electrons. The zero-order valence-electron chi connectivity index (χ0n) is 11.1. The number of unbranched alkanes of at least 4 members (excludes halogenated alkanes) is 1. The van der Waals surface area contributed by atoms with Crippen LogP contribution in [0.1, 0.15) is 46.5 Å². The van der Waals surface area contributed by atoms with Crippen molar-refractivity contribution < 1.29 is 9.47 Å². The Labute approximate surface area is 95.3 Å². The molecule has 0 saturated heterocycles. The summed E-state index contributed by atoms with van der Waals surface area (Å²) in [5.74, 6) is 0.820. The summed E-state index contributed by atoms with van der Waals surface area (Å²) >= 11 is 0. The Balaban J connectivity index is 3.75. The van der Waals surface area contributed by atoms with Crippen LogP contribution in [0.25, 0.3) is 0 Å². The summed E-state index contributed by atoms with van der Waals surface area (Å²) in [5.41, 5.74) is 0.195. The van der Waals surface area contributed by atoms with Gasteiger partial charge in [0.05, 0.1) is 13.2 Å². The summed E-state index contributed by atoms with van der Waals surface area (Å²) < 4.78 is 10.5. The number of ether oxygens (including phenoxy) is 2. The Bertz CT molecular complexity index is 137. The van der Waals surface area contributed by atoms with Crippen molar-refractivity contribution in [3.8, 4) is 0 Å². The molecule has 0 atom stereocenters. The summed E-state index contributed by atoms with van der Waals surface area (Å²) in [6.45, 7) is 8.40. The molecule has 0 amide bonds. The molecule has 0 aromatic heterocycles. The molecule has 0 radical (unpaired) electrons. The quantitative estimate of drug-likeness (QED) is 0.549. The first-order chi connectivity index (χ1) is 7.04. The van der Waals surface area contributed by atoms with Gasteiger partial charge in [-0.15, -0.1) is 0 Å². The van der Waals surface area contributed by atoms with Crippen molar-refractivity contribution in [3.63, 3.8) is 0 Å². The molecule has 0 bridgehead atoms. The second kappa shape index (κ2) is 8.12. The van der Waals surface area contributed by atoms with Gasteiger partial charge >= 0.3 is 0 Å². The predicted molar refractivity (Wildman–Crippen MR) is 65.2 cm³/mol. The highest BCUT2D eigenvalue weighted by Gasteiger charge is 2.23. The highest BCUT2D eigenvalue weighted by atomic mass is 16.5. The molecule has 0 spiro atoms. The fraction of sp³-hybridized carbons (Fsp3) is 1.00. The molecule has 0 rings (SSSR count). The van der Waals surface area contributed by atoms with Gasteiger partial charge in [0.1, 0.15) is 0 Å². The van der Waals surface area contributed by atoms with Crippen molar-refractivity contribution in [2.75, 3.05) is 27.4 Å². The maximum Gasteiger partial charge on any atom is 0.0538 e. The summed E-state index contributed by atoms with van der Waals surface area (Å²) in [6, 6.07) is 0. The van der Waals surface area contributed by atoms with E-state index in [2.05, 4.69) is 20.8 Å². The van der Waals surface area contributed by atoms with Crippen molar-refractivity contribution in [2.45, 2.75) is 46.5 Å². The van der Waals surface area contributed by atoms with Gasteiger partial charge < -0.3 is 9.47 Å². The van der Waals surface area contributed by atoms with Crippen LogP contribution in [-0.4, -0.2) is 27.4 Å². The van der Waals surface area contributed by atoms with E-state index < -0.39 is 0 Å². The molecular formula is C13H28O2. The largest absolute Gasteiger partial charge is 0.384 e. The van der Waals surface area contributed by atoms with E-state index in [9.17, 15) is 0 Å². The second-order valence-corrected chi connectivity index (χ2v) is 5.32. The third kappa shape index (κ3) is 7.80. The molecule has 0 saturated carbocycles. The topological polar surface area (TPSA) is 18.5 Å². The van der Waals surface area contributed by atoms with Crippen LogP contribution in [-0.2, 0) is 9.47 Å². The van der Waals surface area contributed by atoms with Crippen LogP contribution in [0.3, 0.4) is 0 Å². The molecule has 0 aliphatic rings. The lowest BCUT2D eigenvalue weighted by molar-refractivity contribution is 0.0150. The standard InChI is InChI=1S/C13H28O2/c1-12(2)8-6-7-9-13(3,10-14-4)11-15-5/h12H,6-11H2,1-5H3. The van der Waals surface area contributed by atoms with Crippen molar-refractivity contribution in [2.24, 2.45) is 11.3 Å². The van der Waals surface area contributed by atoms with Crippen LogP contribution in [0.2, 0.25) is 0 Å². The third-order valence-electron chi connectivity index (χ3n) is 2.80. The van der Waals surface area contributed by atoms with Crippen molar-refractivity contribution in [1.29, 1.82) is 0 Å². The summed E-state index contributed by atoms with van der Waals surface area (Å²) in [6.07, 6.45) is 5.12. The van der Waals surface area contributed by atoms with Crippen molar-refractivity contribution in [3.05, 3.63) is 0 Å². The van der Waals surface area contributed by atoms with E-state index >= 15 is 0 Å². The van der Waals surface area contributed by atoms with Gasteiger partial charge in [0.15, 0.2) is 0 Å². The molecule has 0 fully saturated rings. The minimum Gasteiger partial charge on any atom is -0.384 e. The fourth-order valence-electron chi connectivity index (χ4n) is 1.99. The van der Waals surface area contributed by atoms with Gasteiger partial charge in [-0.3, -0.25) is 0 Å². The molecular weight excluding hydrogens is 188 g/mol. The van der Waals surface area contributed by atoms with Crippen LogP contribution in [0, 0.1) is 11.3 Å². The molecule has 0 aromatic carbocycles. The minimum absolute atomic E-state index is 0.195. The van der Waals surface area contributed by atoms with Gasteiger partial charge in [0.25, 0.3) is 0 Å². The van der Waals surface area contributed by atoms with E-state index in [0.29, 0.717) is 0 Å². The van der Waals surface area contributed by atoms with Crippen LogP contribution < -0.4 is 0 Å². The smallest absolute Gasteiger partial charge is 0.0538 e. The van der Waals surface area contributed by atoms with E-state index in [0.717, 1.165) is 19.1 Å². The van der Waals surface area contributed by atoms with E-state index in [1.807, 2.05) is 0 Å². The van der Waals surface area contributed by atoms with E-state index in [-0.39, 0.29) is 5.41 Å². The number of hydrogen-bond donors (Lipinski definition) is 0. The third-order valence-corrected chi connectivity index (χ3v) is 2.80. The zero-order valence-corrected chi connectivity index (χ0v) is 11.1. The first-order valence-electron chi connectivity index (χ1n) is 6.02. The molecule has 2 heteroatoms. The molecule has 0 unspecified atom stereocenters. The Kier molecular flexibility index (Phi) is 8.07. The molecule has 0 aliphatic carbocycles. The normalized spacial score (nSPS) is 12.4. The lowest BCUT2D eigenvalue weighted by atomic mass is 9.86. The molecule has 2 nitrogen and oxygen atoms in total. The summed E-state index contributed by atoms with van der Waals surface area (Å²) in [5, 5.41) is 0. The Morgan fingerprint density at radius 1 is 1.00 bits per heavy atom. The average Bonchev–Trinajstić information content (AvgIpc) is 2.13. The highest BCUT2D eigenvalue weighted by molar-refractivity contribution is 4.73. The first kappa shape index (κ1) is 14.9. The van der Waals surface area contributed by atoms with E-state index in [1.165, 1.54) is 25.7 Å². The summed E-state index contributed by atoms with van der Waals surface area (Å²) in [7, 11) is 3.53. The highest BCUT2D eigenvalue weighted by Crippen LogP contribution is 2.25. The lowest BCUT2D eigenvalue weighted by Gasteiger charge is -2.28. The number of rotatable bonds is 9. The van der Waals surface area contributed by atoms with Gasteiger partial charge in [0, 0.05) is 19.6 Å². The van der Waals surface area contributed by atoms with Crippen molar-refractivity contribution >= 4 is 0 Å². The molecule has 0 aliphatic heterocycles. The van der Waals surface area contributed by atoms with Crippen LogP contribution in [0.15, 0.2) is 0 Å². The van der Waals surface area contributed by atoms with Crippen LogP contribution >= 0.6 is 0 Å². The Morgan fingerprint density at radius 2 is 1.53 bits per heavy atom. The van der Waals surface area contributed by atoms with Crippen LogP contribution in [0.5, 0.6) is 0 Å².